The van der Waals surface area contributed by atoms with Crippen molar-refractivity contribution in [3.8, 4) is 11.3 Å². The van der Waals surface area contributed by atoms with Gasteiger partial charge in [-0.1, -0.05) is 30.3 Å². The molecule has 3 amide bonds. The Labute approximate surface area is 202 Å². The number of carbonyl (C=O) groups is 4. The lowest BCUT2D eigenvalue weighted by Gasteiger charge is -2.35. The first-order valence-corrected chi connectivity index (χ1v) is 11.7. The second-order valence-electron chi connectivity index (χ2n) is 8.86. The maximum atomic E-state index is 13.2. The zero-order valence-electron chi connectivity index (χ0n) is 19.2. The average molecular weight is 481 g/mol. The fourth-order valence-electron chi connectivity index (χ4n) is 4.17. The van der Waals surface area contributed by atoms with Crippen LogP contribution in [0, 0.1) is 0 Å². The molecule has 1 aromatic carbocycles. The molecule has 2 heterocycles. The summed E-state index contributed by atoms with van der Waals surface area (Å²) in [6, 6.07) is 12.2. The Kier molecular flexibility index (Phi) is 7.28. The molecule has 0 bridgehead atoms. The van der Waals surface area contributed by atoms with Gasteiger partial charge in [0.15, 0.2) is 0 Å². The van der Waals surface area contributed by atoms with Crippen LogP contribution in [-0.2, 0) is 9.59 Å². The monoisotopic (exact) mass is 480 g/mol. The Morgan fingerprint density at radius 1 is 0.971 bits per heavy atom. The molecule has 0 radical (unpaired) electrons. The van der Waals surface area contributed by atoms with Gasteiger partial charge in [-0.2, -0.15) is 0 Å². The van der Waals surface area contributed by atoms with Crippen LogP contribution in [-0.4, -0.2) is 81.1 Å². The minimum Gasteiger partial charge on any atom is -0.481 e. The number of carboxylic acid groups (broad SMARTS) is 2. The van der Waals surface area contributed by atoms with E-state index in [0.717, 1.165) is 24.0 Å². The van der Waals surface area contributed by atoms with E-state index in [9.17, 15) is 19.2 Å². The lowest BCUT2D eigenvalue weighted by molar-refractivity contribution is -0.138. The molecule has 0 spiro atoms. The van der Waals surface area contributed by atoms with E-state index in [1.807, 2.05) is 36.4 Å². The van der Waals surface area contributed by atoms with Crippen molar-refractivity contribution >= 4 is 23.9 Å². The minimum atomic E-state index is -1.08. The van der Waals surface area contributed by atoms with Crippen LogP contribution in [0.2, 0.25) is 0 Å². The maximum Gasteiger partial charge on any atom is 0.407 e. The molecule has 3 N–H and O–H groups in total. The van der Waals surface area contributed by atoms with Gasteiger partial charge in [0, 0.05) is 38.2 Å². The predicted molar refractivity (Wildman–Crippen MR) is 126 cm³/mol. The Balaban J connectivity index is 1.53. The lowest BCUT2D eigenvalue weighted by Crippen LogP contribution is -2.55. The van der Waals surface area contributed by atoms with Crippen LogP contribution in [0.4, 0.5) is 4.79 Å². The van der Waals surface area contributed by atoms with Gasteiger partial charge in [-0.05, 0) is 42.9 Å². The highest BCUT2D eigenvalue weighted by Crippen LogP contribution is 2.41. The van der Waals surface area contributed by atoms with Crippen LogP contribution >= 0.6 is 0 Å². The van der Waals surface area contributed by atoms with Crippen LogP contribution < -0.4 is 5.32 Å². The van der Waals surface area contributed by atoms with Gasteiger partial charge in [0.1, 0.15) is 11.7 Å². The van der Waals surface area contributed by atoms with Crippen molar-refractivity contribution in [2.24, 2.45) is 0 Å². The normalized spacial score (nSPS) is 16.5. The molecule has 10 heteroatoms. The van der Waals surface area contributed by atoms with Gasteiger partial charge in [0.2, 0.25) is 5.91 Å². The molecule has 1 aliphatic heterocycles. The molecular weight excluding hydrogens is 452 g/mol. The van der Waals surface area contributed by atoms with Crippen molar-refractivity contribution in [1.82, 2.24) is 20.1 Å². The van der Waals surface area contributed by atoms with Crippen molar-refractivity contribution in [2.75, 3.05) is 26.2 Å². The quantitative estimate of drug-likeness (QED) is 0.527. The summed E-state index contributed by atoms with van der Waals surface area (Å²) >= 11 is 0. The maximum absolute atomic E-state index is 13.2. The largest absolute Gasteiger partial charge is 0.481 e. The molecule has 10 nitrogen and oxygen atoms in total. The van der Waals surface area contributed by atoms with E-state index in [1.54, 1.807) is 6.07 Å². The fraction of sp³-hybridized carbons (Fsp3) is 0.400. The van der Waals surface area contributed by atoms with E-state index in [4.69, 9.17) is 10.2 Å². The summed E-state index contributed by atoms with van der Waals surface area (Å²) in [7, 11) is 0. The second kappa shape index (κ2) is 10.5. The van der Waals surface area contributed by atoms with E-state index in [1.165, 1.54) is 9.80 Å². The molecule has 4 rings (SSSR count). The molecule has 1 aromatic heterocycles. The molecule has 2 aromatic rings. The summed E-state index contributed by atoms with van der Waals surface area (Å²) in [6.45, 7) is 0.675. The highest BCUT2D eigenvalue weighted by Gasteiger charge is 2.31. The summed E-state index contributed by atoms with van der Waals surface area (Å²) in [6.07, 6.45) is 0.662. The molecule has 184 valence electrons. The zero-order valence-corrected chi connectivity index (χ0v) is 19.2. The number of benzene rings is 1. The lowest BCUT2D eigenvalue weighted by atomic mass is 10.0. The number of pyridine rings is 1. The van der Waals surface area contributed by atoms with Gasteiger partial charge in [-0.3, -0.25) is 14.4 Å². The number of aromatic nitrogens is 1. The first-order chi connectivity index (χ1) is 16.8. The minimum absolute atomic E-state index is 0.0765. The number of carbonyl (C=O) groups excluding carboxylic acids is 2. The summed E-state index contributed by atoms with van der Waals surface area (Å²) in [4.78, 5) is 55.9. The second-order valence-corrected chi connectivity index (χ2v) is 8.86. The van der Waals surface area contributed by atoms with Gasteiger partial charge in [-0.25, -0.2) is 9.78 Å². The SMILES string of the molecule is O=C(O)CC[C@H](NC(=O)c1cc(C2CC2)cc(-c2ccccc2)n1)C(=O)N1CCN(C(=O)O)CC1. The molecule has 1 saturated carbocycles. The third kappa shape index (κ3) is 6.14. The Morgan fingerprint density at radius 2 is 1.63 bits per heavy atom. The van der Waals surface area contributed by atoms with Crippen LogP contribution in [0.5, 0.6) is 0 Å². The molecule has 2 fully saturated rings. The number of aliphatic carboxylic acids is 1. The molecule has 35 heavy (non-hydrogen) atoms. The smallest absolute Gasteiger partial charge is 0.407 e. The number of nitrogens with one attached hydrogen (secondary N) is 1. The summed E-state index contributed by atoms with van der Waals surface area (Å²) in [5.74, 6) is -1.67. The van der Waals surface area contributed by atoms with E-state index >= 15 is 0 Å². The molecule has 1 aliphatic carbocycles. The standard InChI is InChI=1S/C25H28N4O6/c30-22(31)9-8-19(24(33)28-10-12-29(13-11-28)25(34)35)27-23(32)21-15-18(16-6-7-16)14-20(26-21)17-4-2-1-3-5-17/h1-5,14-16,19H,6-13H2,(H,27,32)(H,30,31)(H,34,35)/t19-/m0/s1. The highest BCUT2D eigenvalue weighted by atomic mass is 16.4. The topological polar surface area (TPSA) is 140 Å². The number of piperazine rings is 1. The third-order valence-electron chi connectivity index (χ3n) is 6.31. The Morgan fingerprint density at radius 3 is 2.23 bits per heavy atom. The van der Waals surface area contributed by atoms with E-state index in [-0.39, 0.29) is 44.7 Å². The predicted octanol–water partition coefficient (Wildman–Crippen LogP) is 2.41. The van der Waals surface area contributed by atoms with E-state index < -0.39 is 29.9 Å². The number of amides is 3. The summed E-state index contributed by atoms with van der Waals surface area (Å²) in [5.41, 5.74) is 2.73. The number of hydrogen-bond acceptors (Lipinski definition) is 5. The van der Waals surface area contributed by atoms with Crippen molar-refractivity contribution in [3.63, 3.8) is 0 Å². The molecule has 1 atom stereocenters. The van der Waals surface area contributed by atoms with Crippen LogP contribution in [0.3, 0.4) is 0 Å². The van der Waals surface area contributed by atoms with E-state index in [2.05, 4.69) is 10.3 Å². The molecular formula is C25H28N4O6. The molecule has 1 saturated heterocycles. The number of hydrogen-bond donors (Lipinski definition) is 3. The van der Waals surface area contributed by atoms with Crippen LogP contribution in [0.1, 0.15) is 47.7 Å². The van der Waals surface area contributed by atoms with Gasteiger partial charge in [0.25, 0.3) is 5.91 Å². The van der Waals surface area contributed by atoms with Gasteiger partial charge in [0.05, 0.1) is 5.69 Å². The molecule has 2 aliphatic rings. The van der Waals surface area contributed by atoms with Gasteiger partial charge in [-0.15, -0.1) is 0 Å². The highest BCUT2D eigenvalue weighted by molar-refractivity contribution is 5.97. The number of nitrogens with zero attached hydrogens (tertiary/aromatic N) is 3. The first-order valence-electron chi connectivity index (χ1n) is 11.7. The third-order valence-corrected chi connectivity index (χ3v) is 6.31. The number of carboxylic acids is 1. The Bertz CT molecular complexity index is 1110. The van der Waals surface area contributed by atoms with Crippen molar-refractivity contribution < 1.29 is 29.4 Å². The van der Waals surface area contributed by atoms with Gasteiger partial charge >= 0.3 is 12.1 Å². The summed E-state index contributed by atoms with van der Waals surface area (Å²) in [5, 5.41) is 21.0. The number of rotatable bonds is 8. The van der Waals surface area contributed by atoms with Crippen molar-refractivity contribution in [2.45, 2.75) is 37.6 Å². The molecule has 0 unspecified atom stereocenters. The van der Waals surface area contributed by atoms with Crippen molar-refractivity contribution in [3.05, 3.63) is 53.7 Å². The van der Waals surface area contributed by atoms with Gasteiger partial charge < -0.3 is 25.3 Å². The zero-order chi connectivity index (χ0) is 24.9. The van der Waals surface area contributed by atoms with E-state index in [0.29, 0.717) is 11.6 Å². The van der Waals surface area contributed by atoms with Crippen LogP contribution in [0.15, 0.2) is 42.5 Å². The summed E-state index contributed by atoms with van der Waals surface area (Å²) < 4.78 is 0. The average Bonchev–Trinajstić information content (AvgIpc) is 3.72. The van der Waals surface area contributed by atoms with Crippen molar-refractivity contribution in [1.29, 1.82) is 0 Å². The first kappa shape index (κ1) is 24.2. The van der Waals surface area contributed by atoms with Crippen LogP contribution in [0.25, 0.3) is 11.3 Å². The fourth-order valence-corrected chi connectivity index (χ4v) is 4.17. The Hall–Kier alpha value is -3.95.